The SMILES string of the molecule is Cc1ccc(C)c(-n2c(SC3CCOC3=O)nc3sc(C)c(C)c3c2=O)c1. The number of rotatable bonds is 3. The second-order valence-electron chi connectivity index (χ2n) is 6.85. The van der Waals surface area contributed by atoms with Gasteiger partial charge in [0.25, 0.3) is 5.56 Å². The first-order valence-electron chi connectivity index (χ1n) is 8.80. The van der Waals surface area contributed by atoms with Gasteiger partial charge in [0, 0.05) is 11.3 Å². The Hall–Kier alpha value is -2.12. The van der Waals surface area contributed by atoms with E-state index in [2.05, 4.69) is 0 Å². The Labute approximate surface area is 165 Å². The van der Waals surface area contributed by atoms with E-state index >= 15 is 0 Å². The molecule has 0 radical (unpaired) electrons. The molecular weight excluding hydrogens is 380 g/mol. The summed E-state index contributed by atoms with van der Waals surface area (Å²) in [5, 5.41) is 0.885. The molecule has 1 fully saturated rings. The van der Waals surface area contributed by atoms with Crippen molar-refractivity contribution in [1.29, 1.82) is 0 Å². The molecule has 0 N–H and O–H groups in total. The number of nitrogens with zero attached hydrogens (tertiary/aromatic N) is 2. The molecule has 2 aromatic heterocycles. The van der Waals surface area contributed by atoms with Crippen molar-refractivity contribution in [3.05, 3.63) is 50.1 Å². The first kappa shape index (κ1) is 18.3. The number of carbonyl (C=O) groups is 1. The van der Waals surface area contributed by atoms with Crippen LogP contribution in [0.1, 0.15) is 28.0 Å². The number of ether oxygens (including phenoxy) is 1. The van der Waals surface area contributed by atoms with Crippen LogP contribution in [-0.2, 0) is 9.53 Å². The molecule has 27 heavy (non-hydrogen) atoms. The third kappa shape index (κ3) is 3.08. The number of hydrogen-bond acceptors (Lipinski definition) is 6. The molecule has 0 bridgehead atoms. The maximum absolute atomic E-state index is 13.5. The highest BCUT2D eigenvalue weighted by atomic mass is 32.2. The van der Waals surface area contributed by atoms with Crippen molar-refractivity contribution in [3.63, 3.8) is 0 Å². The van der Waals surface area contributed by atoms with Gasteiger partial charge in [0.1, 0.15) is 10.1 Å². The zero-order valence-corrected chi connectivity index (χ0v) is 17.3. The van der Waals surface area contributed by atoms with Crippen LogP contribution < -0.4 is 5.56 Å². The Morgan fingerprint density at radius 3 is 2.70 bits per heavy atom. The van der Waals surface area contributed by atoms with Crippen LogP contribution in [-0.4, -0.2) is 27.4 Å². The summed E-state index contributed by atoms with van der Waals surface area (Å²) in [6.45, 7) is 8.37. The second-order valence-corrected chi connectivity index (χ2v) is 9.22. The molecule has 0 amide bonds. The number of esters is 1. The first-order chi connectivity index (χ1) is 12.9. The van der Waals surface area contributed by atoms with E-state index in [0.717, 1.165) is 32.1 Å². The van der Waals surface area contributed by atoms with Crippen molar-refractivity contribution in [3.8, 4) is 5.69 Å². The summed E-state index contributed by atoms with van der Waals surface area (Å²) in [6, 6.07) is 6.03. The summed E-state index contributed by atoms with van der Waals surface area (Å²) in [5.74, 6) is -0.236. The Kier molecular flexibility index (Phi) is 4.60. The molecule has 1 aliphatic rings. The molecule has 0 saturated carbocycles. The van der Waals surface area contributed by atoms with Crippen LogP contribution in [0.3, 0.4) is 0 Å². The fourth-order valence-corrected chi connectivity index (χ4v) is 5.38. The van der Waals surface area contributed by atoms with Gasteiger partial charge in [0.05, 0.1) is 17.7 Å². The van der Waals surface area contributed by atoms with E-state index in [1.165, 1.54) is 23.1 Å². The molecule has 1 aromatic carbocycles. The van der Waals surface area contributed by atoms with Crippen LogP contribution in [0.2, 0.25) is 0 Å². The molecule has 0 aliphatic carbocycles. The average Bonchev–Trinajstić information content (AvgIpc) is 3.14. The Morgan fingerprint density at radius 1 is 1.22 bits per heavy atom. The van der Waals surface area contributed by atoms with Gasteiger partial charge in [-0.2, -0.15) is 0 Å². The molecule has 5 nitrogen and oxygen atoms in total. The van der Waals surface area contributed by atoms with Gasteiger partial charge in [-0.05, 0) is 50.5 Å². The largest absolute Gasteiger partial charge is 0.465 e. The van der Waals surface area contributed by atoms with E-state index in [-0.39, 0.29) is 16.8 Å². The minimum Gasteiger partial charge on any atom is -0.465 e. The van der Waals surface area contributed by atoms with Crippen LogP contribution >= 0.6 is 23.1 Å². The summed E-state index contributed by atoms with van der Waals surface area (Å²) in [7, 11) is 0. The number of hydrogen-bond donors (Lipinski definition) is 0. The number of carbonyl (C=O) groups excluding carboxylic acids is 1. The molecule has 7 heteroatoms. The normalized spacial score (nSPS) is 16.9. The minimum atomic E-state index is -0.326. The van der Waals surface area contributed by atoms with Crippen LogP contribution in [0.15, 0.2) is 28.2 Å². The third-order valence-electron chi connectivity index (χ3n) is 4.91. The minimum absolute atomic E-state index is 0.0792. The van der Waals surface area contributed by atoms with E-state index in [1.807, 2.05) is 45.9 Å². The number of aryl methyl sites for hydroxylation is 4. The Morgan fingerprint density at radius 2 is 2.00 bits per heavy atom. The molecule has 0 spiro atoms. The maximum atomic E-state index is 13.5. The average molecular weight is 401 g/mol. The molecule has 1 unspecified atom stereocenters. The van der Waals surface area contributed by atoms with Crippen LogP contribution in [0.4, 0.5) is 0 Å². The fraction of sp³-hybridized carbons (Fsp3) is 0.350. The number of aromatic nitrogens is 2. The lowest BCUT2D eigenvalue weighted by Gasteiger charge is -2.16. The van der Waals surface area contributed by atoms with Gasteiger partial charge >= 0.3 is 5.97 Å². The number of fused-ring (bicyclic) bond motifs is 1. The van der Waals surface area contributed by atoms with Crippen molar-refractivity contribution < 1.29 is 9.53 Å². The quantitative estimate of drug-likeness (QED) is 0.490. The van der Waals surface area contributed by atoms with Gasteiger partial charge < -0.3 is 4.74 Å². The van der Waals surface area contributed by atoms with Crippen molar-refractivity contribution in [2.45, 2.75) is 44.5 Å². The predicted octanol–water partition coefficient (Wildman–Crippen LogP) is 4.09. The monoisotopic (exact) mass is 400 g/mol. The number of cyclic esters (lactones) is 1. The van der Waals surface area contributed by atoms with Gasteiger partial charge in [0.2, 0.25) is 0 Å². The highest BCUT2D eigenvalue weighted by Crippen LogP contribution is 2.33. The van der Waals surface area contributed by atoms with E-state index in [9.17, 15) is 9.59 Å². The third-order valence-corrected chi connectivity index (χ3v) is 7.21. The van der Waals surface area contributed by atoms with E-state index in [0.29, 0.717) is 23.6 Å². The van der Waals surface area contributed by atoms with Gasteiger partial charge in [-0.1, -0.05) is 23.9 Å². The van der Waals surface area contributed by atoms with Crippen molar-refractivity contribution in [2.24, 2.45) is 0 Å². The molecule has 3 heterocycles. The first-order valence-corrected chi connectivity index (χ1v) is 10.5. The van der Waals surface area contributed by atoms with Crippen molar-refractivity contribution in [1.82, 2.24) is 9.55 Å². The molecule has 140 valence electrons. The van der Waals surface area contributed by atoms with Crippen LogP contribution in [0.5, 0.6) is 0 Å². The summed E-state index contributed by atoms with van der Waals surface area (Å²) in [6.07, 6.45) is 0.632. The standard InChI is InChI=1S/C20H20N2O3S2/c1-10-5-6-11(2)14(9-10)22-18(23)16-12(3)13(4)26-17(16)21-20(22)27-15-7-8-25-19(15)24/h5-6,9,15H,7-8H2,1-4H3. The lowest BCUT2D eigenvalue weighted by Crippen LogP contribution is -2.24. The Bertz CT molecular complexity index is 1130. The second kappa shape index (κ2) is 6.80. The summed E-state index contributed by atoms with van der Waals surface area (Å²) < 4.78 is 6.76. The number of benzene rings is 1. The number of thiophene rings is 1. The smallest absolute Gasteiger partial charge is 0.319 e. The van der Waals surface area contributed by atoms with Crippen molar-refractivity contribution in [2.75, 3.05) is 6.61 Å². The highest BCUT2D eigenvalue weighted by molar-refractivity contribution is 8.00. The zero-order valence-electron chi connectivity index (χ0n) is 15.7. The summed E-state index contributed by atoms with van der Waals surface area (Å²) in [4.78, 5) is 32.1. The molecule has 4 rings (SSSR count). The molecular formula is C20H20N2O3S2. The van der Waals surface area contributed by atoms with Gasteiger partial charge in [0.15, 0.2) is 5.16 Å². The summed E-state index contributed by atoms with van der Waals surface area (Å²) in [5.41, 5.74) is 3.76. The van der Waals surface area contributed by atoms with E-state index in [4.69, 9.17) is 9.72 Å². The van der Waals surface area contributed by atoms with Crippen LogP contribution in [0, 0.1) is 27.7 Å². The van der Waals surface area contributed by atoms with Gasteiger partial charge in [-0.25, -0.2) is 4.98 Å². The zero-order chi connectivity index (χ0) is 19.3. The van der Waals surface area contributed by atoms with Gasteiger partial charge in [-0.3, -0.25) is 14.2 Å². The Balaban J connectivity index is 2.01. The molecule has 3 aromatic rings. The summed E-state index contributed by atoms with van der Waals surface area (Å²) >= 11 is 2.85. The highest BCUT2D eigenvalue weighted by Gasteiger charge is 2.30. The molecule has 1 atom stereocenters. The number of thioether (sulfide) groups is 1. The van der Waals surface area contributed by atoms with E-state index in [1.54, 1.807) is 4.57 Å². The molecule has 1 aliphatic heterocycles. The van der Waals surface area contributed by atoms with E-state index < -0.39 is 0 Å². The fourth-order valence-electron chi connectivity index (χ4n) is 3.24. The topological polar surface area (TPSA) is 61.2 Å². The maximum Gasteiger partial charge on any atom is 0.319 e. The van der Waals surface area contributed by atoms with Crippen LogP contribution in [0.25, 0.3) is 15.9 Å². The van der Waals surface area contributed by atoms with Gasteiger partial charge in [-0.15, -0.1) is 11.3 Å². The lowest BCUT2D eigenvalue weighted by molar-refractivity contribution is -0.137. The molecule has 1 saturated heterocycles. The van der Waals surface area contributed by atoms with Crippen molar-refractivity contribution >= 4 is 39.3 Å². The lowest BCUT2D eigenvalue weighted by atomic mass is 10.1. The predicted molar refractivity (Wildman–Crippen MR) is 109 cm³/mol.